The molecule has 0 bridgehead atoms. The van der Waals surface area contributed by atoms with Gasteiger partial charge in [-0.25, -0.2) is 0 Å². The molecule has 2 fully saturated rings. The van der Waals surface area contributed by atoms with E-state index in [-0.39, 0.29) is 18.3 Å². The van der Waals surface area contributed by atoms with Gasteiger partial charge in [-0.05, 0) is 44.2 Å². The summed E-state index contributed by atoms with van der Waals surface area (Å²) in [4.78, 5) is 14.5. The SMILES string of the molecule is Cc1cc(C(=O)N2CCC3(CCNC3)CC2)n(C)n1.Cl. The molecular weight excluding hydrogens is 276 g/mol. The molecule has 0 aromatic carbocycles. The molecule has 0 aliphatic carbocycles. The van der Waals surface area contributed by atoms with Crippen LogP contribution in [0, 0.1) is 12.3 Å². The average molecular weight is 299 g/mol. The van der Waals surface area contributed by atoms with Crippen LogP contribution in [0.1, 0.15) is 35.4 Å². The van der Waals surface area contributed by atoms with Crippen molar-refractivity contribution >= 4 is 18.3 Å². The van der Waals surface area contributed by atoms with Gasteiger partial charge >= 0.3 is 0 Å². The Kier molecular flexibility index (Phi) is 4.39. The molecule has 1 amide bonds. The Morgan fingerprint density at radius 2 is 2.05 bits per heavy atom. The van der Waals surface area contributed by atoms with Gasteiger partial charge in [0.15, 0.2) is 0 Å². The van der Waals surface area contributed by atoms with Crippen molar-refractivity contribution in [2.45, 2.75) is 26.2 Å². The molecular formula is C14H23ClN4O. The highest BCUT2D eigenvalue weighted by Crippen LogP contribution is 2.37. The molecule has 2 saturated heterocycles. The second kappa shape index (κ2) is 5.74. The summed E-state index contributed by atoms with van der Waals surface area (Å²) in [6, 6.07) is 1.88. The number of aryl methyl sites for hydroxylation is 2. The van der Waals surface area contributed by atoms with Crippen LogP contribution in [0.15, 0.2) is 6.07 Å². The molecule has 1 spiro atoms. The molecule has 0 radical (unpaired) electrons. The Bertz CT molecular complexity index is 483. The largest absolute Gasteiger partial charge is 0.337 e. The normalized spacial score (nSPS) is 21.0. The molecule has 20 heavy (non-hydrogen) atoms. The Hall–Kier alpha value is -1.07. The fourth-order valence-corrected chi connectivity index (χ4v) is 3.38. The van der Waals surface area contributed by atoms with Gasteiger partial charge < -0.3 is 10.2 Å². The number of amides is 1. The summed E-state index contributed by atoms with van der Waals surface area (Å²) < 4.78 is 1.69. The minimum Gasteiger partial charge on any atom is -0.337 e. The predicted molar refractivity (Wildman–Crippen MR) is 80.3 cm³/mol. The van der Waals surface area contributed by atoms with Crippen LogP contribution >= 0.6 is 12.4 Å². The molecule has 1 aromatic heterocycles. The molecule has 1 aromatic rings. The van der Waals surface area contributed by atoms with E-state index in [9.17, 15) is 4.79 Å². The van der Waals surface area contributed by atoms with Crippen LogP contribution in [0.3, 0.4) is 0 Å². The lowest BCUT2D eigenvalue weighted by Gasteiger charge is -2.38. The fourth-order valence-electron chi connectivity index (χ4n) is 3.38. The van der Waals surface area contributed by atoms with E-state index in [0.717, 1.165) is 44.7 Å². The van der Waals surface area contributed by atoms with E-state index in [1.165, 1.54) is 6.42 Å². The fraction of sp³-hybridized carbons (Fsp3) is 0.714. The molecule has 1 N–H and O–H groups in total. The maximum atomic E-state index is 12.5. The van der Waals surface area contributed by atoms with Gasteiger partial charge in [-0.15, -0.1) is 12.4 Å². The van der Waals surface area contributed by atoms with Crippen molar-refractivity contribution in [2.75, 3.05) is 26.2 Å². The number of aromatic nitrogens is 2. The average Bonchev–Trinajstić information content (AvgIpc) is 2.97. The van der Waals surface area contributed by atoms with Crippen LogP contribution in [-0.4, -0.2) is 46.8 Å². The Morgan fingerprint density at radius 3 is 2.55 bits per heavy atom. The summed E-state index contributed by atoms with van der Waals surface area (Å²) in [5.74, 6) is 0.129. The second-order valence-electron chi connectivity index (χ2n) is 6.01. The van der Waals surface area contributed by atoms with Gasteiger partial charge in [0.25, 0.3) is 5.91 Å². The summed E-state index contributed by atoms with van der Waals surface area (Å²) in [6.07, 6.45) is 3.52. The summed E-state index contributed by atoms with van der Waals surface area (Å²) >= 11 is 0. The van der Waals surface area contributed by atoms with Crippen molar-refractivity contribution in [3.8, 4) is 0 Å². The smallest absolute Gasteiger partial charge is 0.272 e. The molecule has 3 heterocycles. The lowest BCUT2D eigenvalue weighted by Crippen LogP contribution is -2.44. The molecule has 5 nitrogen and oxygen atoms in total. The van der Waals surface area contributed by atoms with E-state index in [2.05, 4.69) is 10.4 Å². The number of rotatable bonds is 1. The van der Waals surface area contributed by atoms with Crippen molar-refractivity contribution < 1.29 is 4.79 Å². The maximum Gasteiger partial charge on any atom is 0.272 e. The third kappa shape index (κ3) is 2.69. The third-order valence-electron chi connectivity index (χ3n) is 4.66. The Labute approximate surface area is 126 Å². The van der Waals surface area contributed by atoms with Gasteiger partial charge in [0.05, 0.1) is 5.69 Å². The topological polar surface area (TPSA) is 50.2 Å². The van der Waals surface area contributed by atoms with Crippen LogP contribution in [0.5, 0.6) is 0 Å². The standard InChI is InChI=1S/C14H22N4O.ClH/c1-11-9-12(17(2)16-11)13(19)18-7-4-14(5-8-18)3-6-15-10-14;/h9,15H,3-8,10H2,1-2H3;1H. The van der Waals surface area contributed by atoms with Gasteiger partial charge in [-0.3, -0.25) is 9.48 Å². The van der Waals surface area contributed by atoms with Crippen LogP contribution in [0.2, 0.25) is 0 Å². The number of carbonyl (C=O) groups excluding carboxylic acids is 1. The first kappa shape index (κ1) is 15.3. The highest BCUT2D eigenvalue weighted by atomic mass is 35.5. The maximum absolute atomic E-state index is 12.5. The van der Waals surface area contributed by atoms with Crippen LogP contribution in [-0.2, 0) is 7.05 Å². The van der Waals surface area contributed by atoms with Gasteiger partial charge in [0, 0.05) is 26.7 Å². The highest BCUT2D eigenvalue weighted by Gasteiger charge is 2.38. The van der Waals surface area contributed by atoms with E-state index in [4.69, 9.17) is 0 Å². The lowest BCUT2D eigenvalue weighted by molar-refractivity contribution is 0.0597. The number of hydrogen-bond donors (Lipinski definition) is 1. The quantitative estimate of drug-likeness (QED) is 0.852. The van der Waals surface area contributed by atoms with E-state index in [1.807, 2.05) is 24.9 Å². The van der Waals surface area contributed by atoms with Crippen molar-refractivity contribution in [3.63, 3.8) is 0 Å². The summed E-state index contributed by atoms with van der Waals surface area (Å²) in [5, 5.41) is 7.71. The molecule has 2 aliphatic heterocycles. The minimum absolute atomic E-state index is 0. The number of halogens is 1. The molecule has 0 unspecified atom stereocenters. The predicted octanol–water partition coefficient (Wildman–Crippen LogP) is 1.37. The molecule has 3 rings (SSSR count). The summed E-state index contributed by atoms with van der Waals surface area (Å²) in [5.41, 5.74) is 2.07. The van der Waals surface area contributed by atoms with Crippen molar-refractivity contribution in [1.29, 1.82) is 0 Å². The van der Waals surface area contributed by atoms with E-state index in [0.29, 0.717) is 11.1 Å². The van der Waals surface area contributed by atoms with Crippen molar-refractivity contribution in [2.24, 2.45) is 12.5 Å². The number of hydrogen-bond acceptors (Lipinski definition) is 3. The number of nitrogens with zero attached hydrogens (tertiary/aromatic N) is 3. The van der Waals surface area contributed by atoms with Gasteiger partial charge in [0.2, 0.25) is 0 Å². The number of piperidine rings is 1. The number of likely N-dealkylation sites (tertiary alicyclic amines) is 1. The molecule has 0 atom stereocenters. The lowest BCUT2D eigenvalue weighted by atomic mass is 9.78. The first-order valence-corrected chi connectivity index (χ1v) is 7.10. The van der Waals surface area contributed by atoms with Gasteiger partial charge in [0.1, 0.15) is 5.69 Å². The van der Waals surface area contributed by atoms with Crippen LogP contribution < -0.4 is 5.32 Å². The van der Waals surface area contributed by atoms with Crippen molar-refractivity contribution in [1.82, 2.24) is 20.0 Å². The van der Waals surface area contributed by atoms with E-state index >= 15 is 0 Å². The Balaban J connectivity index is 0.00000147. The molecule has 2 aliphatic rings. The molecule has 0 saturated carbocycles. The third-order valence-corrected chi connectivity index (χ3v) is 4.66. The second-order valence-corrected chi connectivity index (χ2v) is 6.01. The zero-order valence-electron chi connectivity index (χ0n) is 12.2. The first-order chi connectivity index (χ1) is 9.10. The molecule has 6 heteroatoms. The van der Waals surface area contributed by atoms with Crippen LogP contribution in [0.25, 0.3) is 0 Å². The first-order valence-electron chi connectivity index (χ1n) is 7.10. The van der Waals surface area contributed by atoms with Crippen molar-refractivity contribution in [3.05, 3.63) is 17.5 Å². The highest BCUT2D eigenvalue weighted by molar-refractivity contribution is 5.92. The summed E-state index contributed by atoms with van der Waals surface area (Å²) in [6.45, 7) is 5.94. The van der Waals surface area contributed by atoms with E-state index < -0.39 is 0 Å². The van der Waals surface area contributed by atoms with Gasteiger partial charge in [-0.2, -0.15) is 5.10 Å². The van der Waals surface area contributed by atoms with Crippen LogP contribution in [0.4, 0.5) is 0 Å². The van der Waals surface area contributed by atoms with E-state index in [1.54, 1.807) is 4.68 Å². The number of carbonyl (C=O) groups is 1. The monoisotopic (exact) mass is 298 g/mol. The zero-order valence-corrected chi connectivity index (χ0v) is 13.0. The van der Waals surface area contributed by atoms with Gasteiger partial charge in [-0.1, -0.05) is 0 Å². The number of nitrogens with one attached hydrogen (secondary N) is 1. The summed E-state index contributed by atoms with van der Waals surface area (Å²) in [7, 11) is 1.84. The molecule has 112 valence electrons. The Morgan fingerprint density at radius 1 is 1.35 bits per heavy atom. The zero-order chi connectivity index (χ0) is 13.5. The minimum atomic E-state index is 0.